The van der Waals surface area contributed by atoms with Gasteiger partial charge < -0.3 is 38.3 Å². The van der Waals surface area contributed by atoms with Crippen LogP contribution in [0.25, 0.3) is 0 Å². The zero-order valence-corrected chi connectivity index (χ0v) is 26.3. The van der Waals surface area contributed by atoms with Gasteiger partial charge in [0.2, 0.25) is 0 Å². The highest BCUT2D eigenvalue weighted by atomic mass is 16.5. The lowest BCUT2D eigenvalue weighted by molar-refractivity contribution is 0.102. The van der Waals surface area contributed by atoms with Crippen molar-refractivity contribution in [1.29, 1.82) is 0 Å². The van der Waals surface area contributed by atoms with Gasteiger partial charge in [0, 0.05) is 23.3 Å². The predicted octanol–water partition coefficient (Wildman–Crippen LogP) is 5.78. The van der Waals surface area contributed by atoms with Crippen molar-refractivity contribution < 1.29 is 47.9 Å². The monoisotopic (exact) mass is 630 g/mol. The number of carbonyl (C=O) groups is 2. The Kier molecular flexibility index (Phi) is 14.0. The minimum absolute atomic E-state index is 0.0519. The molecule has 4 aromatic rings. The fourth-order valence-corrected chi connectivity index (χ4v) is 4.14. The molecule has 10 heteroatoms. The summed E-state index contributed by atoms with van der Waals surface area (Å²) in [5, 5.41) is 8.72. The highest BCUT2D eigenvalue weighted by molar-refractivity contribution is 6.11. The van der Waals surface area contributed by atoms with Gasteiger partial charge in [0.25, 0.3) is 0 Å². The van der Waals surface area contributed by atoms with Gasteiger partial charge in [-0.15, -0.1) is 0 Å². The minimum atomic E-state index is -0.145. The maximum Gasteiger partial charge on any atom is 0.196 e. The molecule has 0 saturated carbocycles. The summed E-state index contributed by atoms with van der Waals surface area (Å²) in [6, 6.07) is 23.8. The molecular weight excluding hydrogens is 592 g/mol. The van der Waals surface area contributed by atoms with Crippen molar-refractivity contribution >= 4 is 11.6 Å². The van der Waals surface area contributed by atoms with Crippen molar-refractivity contribution in [2.24, 2.45) is 0 Å². The van der Waals surface area contributed by atoms with E-state index in [1.54, 1.807) is 99.1 Å². The molecule has 0 aliphatic heterocycles. The van der Waals surface area contributed by atoms with Gasteiger partial charge in [-0.3, -0.25) is 9.59 Å². The lowest BCUT2D eigenvalue weighted by Crippen LogP contribution is -2.06. The van der Waals surface area contributed by atoms with Gasteiger partial charge in [-0.25, -0.2) is 0 Å². The Morgan fingerprint density at radius 2 is 1.00 bits per heavy atom. The van der Waals surface area contributed by atoms with Gasteiger partial charge in [0.15, 0.2) is 11.6 Å². The van der Waals surface area contributed by atoms with Crippen molar-refractivity contribution in [3.8, 4) is 34.5 Å². The maximum absolute atomic E-state index is 12.6. The first kappa shape index (κ1) is 35.0. The lowest BCUT2D eigenvalue weighted by Gasteiger charge is -2.10. The summed E-state index contributed by atoms with van der Waals surface area (Å²) in [5.41, 5.74) is 2.02. The molecule has 0 radical (unpaired) electrons. The van der Waals surface area contributed by atoms with Crippen LogP contribution < -0.4 is 28.4 Å². The Labute approximate surface area is 268 Å². The summed E-state index contributed by atoms with van der Waals surface area (Å²) in [4.78, 5) is 25.2. The third-order valence-electron chi connectivity index (χ3n) is 6.49. The smallest absolute Gasteiger partial charge is 0.196 e. The number of ether oxygens (including phenoxy) is 7. The number of benzene rings is 4. The Morgan fingerprint density at radius 1 is 0.587 bits per heavy atom. The van der Waals surface area contributed by atoms with Gasteiger partial charge in [-0.2, -0.15) is 0 Å². The minimum Gasteiger partial charge on any atom is -0.498 e. The van der Waals surface area contributed by atoms with Crippen LogP contribution in [0.2, 0.25) is 0 Å². The molecule has 0 fully saturated rings. The van der Waals surface area contributed by atoms with Crippen LogP contribution >= 0.6 is 0 Å². The van der Waals surface area contributed by atoms with Gasteiger partial charge >= 0.3 is 0 Å². The van der Waals surface area contributed by atoms with E-state index in [0.29, 0.717) is 70.0 Å². The van der Waals surface area contributed by atoms with Crippen LogP contribution in [0.1, 0.15) is 31.8 Å². The van der Waals surface area contributed by atoms with E-state index < -0.39 is 0 Å². The summed E-state index contributed by atoms with van der Waals surface area (Å²) >= 11 is 0. The molecule has 0 atom stereocenters. The molecule has 4 rings (SSSR count). The van der Waals surface area contributed by atoms with Gasteiger partial charge in [-0.05, 0) is 72.8 Å². The van der Waals surface area contributed by atoms with Crippen LogP contribution in [0, 0.1) is 0 Å². The molecule has 0 bridgehead atoms. The number of aliphatic hydroxyl groups is 1. The van der Waals surface area contributed by atoms with E-state index in [-0.39, 0.29) is 24.8 Å². The molecule has 1 N–H and O–H groups in total. The van der Waals surface area contributed by atoms with Crippen molar-refractivity contribution in [2.75, 3.05) is 54.9 Å². The molecule has 4 aromatic carbocycles. The molecule has 0 amide bonds. The second-order valence-corrected chi connectivity index (χ2v) is 9.30. The van der Waals surface area contributed by atoms with Crippen LogP contribution in [-0.4, -0.2) is 71.5 Å². The Balaban J connectivity index is 0.000000251. The first-order chi connectivity index (χ1) is 22.4. The summed E-state index contributed by atoms with van der Waals surface area (Å²) in [7, 11) is 6.15. The second kappa shape index (κ2) is 18.4. The van der Waals surface area contributed by atoms with Crippen LogP contribution in [0.5, 0.6) is 34.5 Å². The molecule has 0 unspecified atom stereocenters. The molecule has 0 aromatic heterocycles. The van der Waals surface area contributed by atoms with E-state index >= 15 is 0 Å². The maximum atomic E-state index is 12.6. The average Bonchev–Trinajstić information content (AvgIpc) is 3.12. The van der Waals surface area contributed by atoms with E-state index in [0.717, 1.165) is 0 Å². The van der Waals surface area contributed by atoms with Crippen molar-refractivity contribution in [1.82, 2.24) is 0 Å². The molecule has 0 saturated heterocycles. The molecular formula is C36H38O10. The zero-order chi connectivity index (χ0) is 33.3. The van der Waals surface area contributed by atoms with Crippen LogP contribution in [0.3, 0.4) is 0 Å². The molecule has 0 spiro atoms. The number of rotatable bonds is 16. The number of hydrogen-bond acceptors (Lipinski definition) is 10. The number of ketones is 2. The first-order valence-electron chi connectivity index (χ1n) is 14.2. The highest BCUT2D eigenvalue weighted by Crippen LogP contribution is 2.28. The van der Waals surface area contributed by atoms with Crippen molar-refractivity contribution in [2.45, 2.75) is 0 Å². The summed E-state index contributed by atoms with van der Waals surface area (Å²) < 4.78 is 36.5. The summed E-state index contributed by atoms with van der Waals surface area (Å²) in [5.74, 6) is 3.19. The topological polar surface area (TPSA) is 119 Å². The highest BCUT2D eigenvalue weighted by Gasteiger charge is 2.17. The predicted molar refractivity (Wildman–Crippen MR) is 173 cm³/mol. The van der Waals surface area contributed by atoms with Gasteiger partial charge in [-0.1, -0.05) is 6.58 Å². The standard InChI is InChI=1S/C19H20O5.C17H18O5/c1-4-23-11-12-24-15-7-5-14(6-8-15)19(20)17-10-9-16(21-2)13-18(17)22-3;1-20-14-7-8-15(16(11-14)21-2)17(19)12-3-5-13(6-4-12)22-10-9-18/h4-10,13H,1,11-12H2,2-3H3;3-8,11,18H,9-10H2,1-2H3. The quantitative estimate of drug-likeness (QED) is 0.0927. The van der Waals surface area contributed by atoms with E-state index in [1.165, 1.54) is 20.5 Å². The average molecular weight is 631 g/mol. The fraction of sp³-hybridized carbons (Fsp3) is 0.222. The molecule has 46 heavy (non-hydrogen) atoms. The summed E-state index contributed by atoms with van der Waals surface area (Å²) in [6.07, 6.45) is 1.37. The lowest BCUT2D eigenvalue weighted by atomic mass is 10.0. The van der Waals surface area contributed by atoms with Gasteiger partial charge in [0.1, 0.15) is 54.3 Å². The first-order valence-corrected chi connectivity index (χ1v) is 14.2. The second-order valence-electron chi connectivity index (χ2n) is 9.30. The molecule has 0 aliphatic rings. The third kappa shape index (κ3) is 9.76. The van der Waals surface area contributed by atoms with Gasteiger partial charge in [0.05, 0.1) is 52.4 Å². The third-order valence-corrected chi connectivity index (χ3v) is 6.49. The van der Waals surface area contributed by atoms with Crippen LogP contribution in [0.15, 0.2) is 97.8 Å². The molecule has 10 nitrogen and oxygen atoms in total. The fourth-order valence-electron chi connectivity index (χ4n) is 4.14. The summed E-state index contributed by atoms with van der Waals surface area (Å²) in [6.45, 7) is 4.46. The van der Waals surface area contributed by atoms with E-state index in [1.807, 2.05) is 0 Å². The number of carbonyl (C=O) groups excluding carboxylic acids is 2. The largest absolute Gasteiger partial charge is 0.498 e. The number of aliphatic hydroxyl groups excluding tert-OH is 1. The molecule has 242 valence electrons. The number of hydrogen-bond donors (Lipinski definition) is 1. The van der Waals surface area contributed by atoms with E-state index in [4.69, 9.17) is 38.3 Å². The van der Waals surface area contributed by atoms with Crippen LogP contribution in [-0.2, 0) is 4.74 Å². The Hall–Kier alpha value is -5.48. The van der Waals surface area contributed by atoms with E-state index in [9.17, 15) is 9.59 Å². The van der Waals surface area contributed by atoms with Crippen molar-refractivity contribution in [3.63, 3.8) is 0 Å². The number of methoxy groups -OCH3 is 4. The Morgan fingerprint density at radius 3 is 1.37 bits per heavy atom. The zero-order valence-electron chi connectivity index (χ0n) is 26.3. The van der Waals surface area contributed by atoms with Crippen molar-refractivity contribution in [3.05, 3.63) is 120 Å². The Bertz CT molecular complexity index is 1560. The van der Waals surface area contributed by atoms with Crippen LogP contribution in [0.4, 0.5) is 0 Å². The van der Waals surface area contributed by atoms with E-state index in [2.05, 4.69) is 6.58 Å². The molecule has 0 aliphatic carbocycles. The normalized spacial score (nSPS) is 10.0. The molecule has 0 heterocycles. The SMILES string of the molecule is C=COCCOc1ccc(C(=O)c2ccc(OC)cc2OC)cc1.COc1ccc(C(=O)c2ccc(OCCO)cc2)c(OC)c1.